The van der Waals surface area contributed by atoms with Gasteiger partial charge in [-0.15, -0.1) is 0 Å². The molecule has 0 spiro atoms. The Labute approximate surface area is 123 Å². The van der Waals surface area contributed by atoms with Gasteiger partial charge in [0.25, 0.3) is 0 Å². The van der Waals surface area contributed by atoms with Crippen LogP contribution in [0.4, 0.5) is 0 Å². The fourth-order valence-electron chi connectivity index (χ4n) is 2.17. The maximum Gasteiger partial charge on any atom is 0.326 e. The Morgan fingerprint density at radius 1 is 1.00 bits per heavy atom. The number of carbonyl (C=O) groups is 2. The number of hydrogen-bond donors (Lipinski definition) is 2. The zero-order chi connectivity index (χ0) is 15.4. The Hall–Kier alpha value is -1.06. The molecular formula is C16H31NO3. The van der Waals surface area contributed by atoms with E-state index in [9.17, 15) is 9.59 Å². The Balaban J connectivity index is 3.78. The Bertz CT molecular complexity index is 279. The van der Waals surface area contributed by atoms with E-state index in [-0.39, 0.29) is 11.8 Å². The summed E-state index contributed by atoms with van der Waals surface area (Å²) in [5, 5.41) is 11.7. The smallest absolute Gasteiger partial charge is 0.326 e. The van der Waals surface area contributed by atoms with Crippen molar-refractivity contribution in [2.75, 3.05) is 0 Å². The second-order valence-electron chi connectivity index (χ2n) is 5.64. The van der Waals surface area contributed by atoms with Crippen molar-refractivity contribution in [1.29, 1.82) is 0 Å². The molecule has 0 aliphatic rings. The maximum atomic E-state index is 11.7. The van der Waals surface area contributed by atoms with Crippen LogP contribution < -0.4 is 5.32 Å². The topological polar surface area (TPSA) is 66.4 Å². The molecule has 0 bridgehead atoms. The highest BCUT2D eigenvalue weighted by Gasteiger charge is 2.24. The highest BCUT2D eigenvalue weighted by molar-refractivity contribution is 5.83. The highest BCUT2D eigenvalue weighted by atomic mass is 16.4. The zero-order valence-electron chi connectivity index (χ0n) is 13.3. The van der Waals surface area contributed by atoms with Crippen LogP contribution in [0.5, 0.6) is 0 Å². The quantitative estimate of drug-likeness (QED) is 0.537. The van der Waals surface area contributed by atoms with E-state index in [0.717, 1.165) is 19.3 Å². The molecule has 0 unspecified atom stereocenters. The molecule has 0 aromatic rings. The summed E-state index contributed by atoms with van der Waals surface area (Å²) in [4.78, 5) is 22.8. The van der Waals surface area contributed by atoms with Crippen LogP contribution in [0.15, 0.2) is 0 Å². The number of carboxylic acid groups (broad SMARTS) is 1. The molecule has 0 aliphatic heterocycles. The summed E-state index contributed by atoms with van der Waals surface area (Å²) in [6, 6.07) is -0.753. The van der Waals surface area contributed by atoms with E-state index in [4.69, 9.17) is 5.11 Å². The first kappa shape index (κ1) is 18.9. The van der Waals surface area contributed by atoms with Gasteiger partial charge in [-0.2, -0.15) is 0 Å². The Kier molecular flexibility index (Phi) is 11.1. The van der Waals surface area contributed by atoms with E-state index >= 15 is 0 Å². The summed E-state index contributed by atoms with van der Waals surface area (Å²) in [6.45, 7) is 5.98. The lowest BCUT2D eigenvalue weighted by atomic mass is 9.99. The van der Waals surface area contributed by atoms with Crippen molar-refractivity contribution in [3.8, 4) is 0 Å². The van der Waals surface area contributed by atoms with Gasteiger partial charge in [-0.3, -0.25) is 4.79 Å². The number of carbonyl (C=O) groups excluding carboxylic acids is 1. The predicted molar refractivity (Wildman–Crippen MR) is 81.6 cm³/mol. The largest absolute Gasteiger partial charge is 0.480 e. The van der Waals surface area contributed by atoms with Gasteiger partial charge in [-0.25, -0.2) is 4.79 Å². The van der Waals surface area contributed by atoms with Gasteiger partial charge in [-0.1, -0.05) is 65.7 Å². The van der Waals surface area contributed by atoms with Crippen molar-refractivity contribution < 1.29 is 14.7 Å². The number of hydrogen-bond acceptors (Lipinski definition) is 2. The van der Waals surface area contributed by atoms with Crippen molar-refractivity contribution >= 4 is 11.9 Å². The lowest BCUT2D eigenvalue weighted by molar-refractivity contribution is -0.143. The summed E-state index contributed by atoms with van der Waals surface area (Å²) in [5.74, 6) is -1.11. The number of amides is 1. The van der Waals surface area contributed by atoms with Gasteiger partial charge in [0.15, 0.2) is 0 Å². The lowest BCUT2D eigenvalue weighted by Gasteiger charge is -2.20. The number of aliphatic carboxylic acids is 1. The van der Waals surface area contributed by atoms with Crippen molar-refractivity contribution in [1.82, 2.24) is 5.32 Å². The van der Waals surface area contributed by atoms with Crippen LogP contribution >= 0.6 is 0 Å². The third kappa shape index (κ3) is 8.94. The minimum Gasteiger partial charge on any atom is -0.480 e. The van der Waals surface area contributed by atoms with Crippen LogP contribution in [-0.2, 0) is 9.59 Å². The average molecular weight is 285 g/mol. The standard InChI is InChI=1S/C16H31NO3/c1-4-6-7-8-9-10-11-12-14(18)17-15(16(19)20)13(3)5-2/h13,15H,4-12H2,1-3H3,(H,17,18)(H,19,20)/t13-,15-/m0/s1. The van der Waals surface area contributed by atoms with Gasteiger partial charge in [0.05, 0.1) is 0 Å². The molecule has 0 fully saturated rings. The number of nitrogens with one attached hydrogen (secondary N) is 1. The van der Waals surface area contributed by atoms with Gasteiger partial charge >= 0.3 is 5.97 Å². The van der Waals surface area contributed by atoms with Gasteiger partial charge < -0.3 is 10.4 Å². The van der Waals surface area contributed by atoms with Crippen LogP contribution in [0.3, 0.4) is 0 Å². The molecule has 4 nitrogen and oxygen atoms in total. The second-order valence-corrected chi connectivity index (χ2v) is 5.64. The van der Waals surface area contributed by atoms with Gasteiger partial charge in [0.2, 0.25) is 5.91 Å². The van der Waals surface area contributed by atoms with Gasteiger partial charge in [-0.05, 0) is 12.3 Å². The molecule has 0 heterocycles. The first-order chi connectivity index (χ1) is 9.52. The fourth-order valence-corrected chi connectivity index (χ4v) is 2.17. The third-order valence-corrected chi connectivity index (χ3v) is 3.80. The monoisotopic (exact) mass is 285 g/mol. The van der Waals surface area contributed by atoms with E-state index in [2.05, 4.69) is 12.2 Å². The van der Waals surface area contributed by atoms with Crippen molar-refractivity contribution in [2.24, 2.45) is 5.92 Å². The van der Waals surface area contributed by atoms with E-state index in [1.807, 2.05) is 13.8 Å². The fraction of sp³-hybridized carbons (Fsp3) is 0.875. The molecule has 0 saturated carbocycles. The minimum absolute atomic E-state index is 0.0366. The molecule has 20 heavy (non-hydrogen) atoms. The SMILES string of the molecule is CCCCCCCCCC(=O)N[C@H](C(=O)O)[C@@H](C)CC. The molecule has 0 saturated heterocycles. The highest BCUT2D eigenvalue weighted by Crippen LogP contribution is 2.10. The van der Waals surface area contributed by atoms with E-state index in [0.29, 0.717) is 6.42 Å². The molecule has 0 radical (unpaired) electrons. The summed E-state index contributed by atoms with van der Waals surface area (Å²) in [6.07, 6.45) is 9.30. The molecular weight excluding hydrogens is 254 g/mol. The van der Waals surface area contributed by atoms with E-state index < -0.39 is 12.0 Å². The van der Waals surface area contributed by atoms with Gasteiger partial charge in [0, 0.05) is 6.42 Å². The van der Waals surface area contributed by atoms with Gasteiger partial charge in [0.1, 0.15) is 6.04 Å². The molecule has 0 aromatic heterocycles. The summed E-state index contributed by atoms with van der Waals surface area (Å²) >= 11 is 0. The van der Waals surface area contributed by atoms with Crippen molar-refractivity contribution in [2.45, 2.75) is 84.6 Å². The van der Waals surface area contributed by atoms with Crippen LogP contribution in [0.25, 0.3) is 0 Å². The Morgan fingerprint density at radius 2 is 1.55 bits per heavy atom. The van der Waals surface area contributed by atoms with Crippen LogP contribution in [0.1, 0.15) is 78.6 Å². The molecule has 118 valence electrons. The van der Waals surface area contributed by atoms with Crippen LogP contribution in [0, 0.1) is 5.92 Å². The van der Waals surface area contributed by atoms with Crippen molar-refractivity contribution in [3.63, 3.8) is 0 Å². The van der Waals surface area contributed by atoms with E-state index in [1.54, 1.807) is 0 Å². The summed E-state index contributed by atoms with van der Waals surface area (Å²) in [7, 11) is 0. The molecule has 2 atom stereocenters. The predicted octanol–water partition coefficient (Wildman–Crippen LogP) is 3.74. The number of unbranched alkanes of at least 4 members (excludes halogenated alkanes) is 6. The normalized spacial score (nSPS) is 13.8. The lowest BCUT2D eigenvalue weighted by Crippen LogP contribution is -2.44. The van der Waals surface area contributed by atoms with Crippen molar-refractivity contribution in [3.05, 3.63) is 0 Å². The number of carboxylic acids is 1. The summed E-state index contributed by atoms with van der Waals surface area (Å²) < 4.78 is 0. The zero-order valence-corrected chi connectivity index (χ0v) is 13.3. The molecule has 4 heteroatoms. The molecule has 0 aliphatic carbocycles. The molecule has 0 aromatic carbocycles. The number of rotatable bonds is 12. The maximum absolute atomic E-state index is 11.7. The minimum atomic E-state index is -0.938. The first-order valence-corrected chi connectivity index (χ1v) is 8.05. The molecule has 2 N–H and O–H groups in total. The first-order valence-electron chi connectivity index (χ1n) is 8.05. The summed E-state index contributed by atoms with van der Waals surface area (Å²) in [5.41, 5.74) is 0. The average Bonchev–Trinajstić information content (AvgIpc) is 2.42. The van der Waals surface area contributed by atoms with Crippen LogP contribution in [0.2, 0.25) is 0 Å². The molecule has 0 rings (SSSR count). The Morgan fingerprint density at radius 3 is 2.05 bits per heavy atom. The molecule has 1 amide bonds. The van der Waals surface area contributed by atoms with E-state index in [1.165, 1.54) is 32.1 Å². The second kappa shape index (κ2) is 11.7. The third-order valence-electron chi connectivity index (χ3n) is 3.80. The van der Waals surface area contributed by atoms with Crippen LogP contribution in [-0.4, -0.2) is 23.0 Å².